The molecule has 3 aromatic rings. The Kier molecular flexibility index (Phi) is 4.70. The molecule has 3 heterocycles. The lowest BCUT2D eigenvalue weighted by Gasteiger charge is -2.30. The van der Waals surface area contributed by atoms with Gasteiger partial charge in [0.05, 0.1) is 11.7 Å². The summed E-state index contributed by atoms with van der Waals surface area (Å²) in [7, 11) is 0. The van der Waals surface area contributed by atoms with Crippen LogP contribution in [0.1, 0.15) is 48.9 Å². The van der Waals surface area contributed by atoms with E-state index in [0.29, 0.717) is 6.04 Å². The number of nitrogens with zero attached hydrogens (tertiary/aromatic N) is 3. The lowest BCUT2D eigenvalue weighted by molar-refractivity contribution is 0.497. The molecule has 5 heteroatoms. The zero-order valence-electron chi connectivity index (χ0n) is 15.8. The SMILES string of the molecule is Cc1ccc(N2C(=S)NC(c3ccccn3)C2c2cccn2C(C)C)cc1. The predicted octanol–water partition coefficient (Wildman–Crippen LogP) is 4.95. The number of thiocarbonyl (C=S) groups is 1. The number of aryl methyl sites for hydroxylation is 1. The number of anilines is 1. The minimum atomic E-state index is -0.00703. The fourth-order valence-corrected chi connectivity index (χ4v) is 4.11. The number of aromatic nitrogens is 2. The van der Waals surface area contributed by atoms with E-state index in [1.807, 2.05) is 18.3 Å². The van der Waals surface area contributed by atoms with Crippen LogP contribution in [0.5, 0.6) is 0 Å². The highest BCUT2D eigenvalue weighted by Crippen LogP contribution is 2.42. The molecule has 4 nitrogen and oxygen atoms in total. The van der Waals surface area contributed by atoms with Crippen molar-refractivity contribution >= 4 is 23.0 Å². The van der Waals surface area contributed by atoms with Crippen molar-refractivity contribution in [3.63, 3.8) is 0 Å². The topological polar surface area (TPSA) is 33.1 Å². The maximum absolute atomic E-state index is 5.77. The van der Waals surface area contributed by atoms with Gasteiger partial charge in [-0.05, 0) is 69.4 Å². The molecule has 0 aliphatic carbocycles. The molecule has 4 rings (SSSR count). The van der Waals surface area contributed by atoms with Gasteiger partial charge in [0, 0.05) is 29.8 Å². The van der Waals surface area contributed by atoms with Crippen LogP contribution in [0.15, 0.2) is 67.0 Å². The summed E-state index contributed by atoms with van der Waals surface area (Å²) >= 11 is 5.77. The van der Waals surface area contributed by atoms with E-state index in [0.717, 1.165) is 16.5 Å². The summed E-state index contributed by atoms with van der Waals surface area (Å²) in [5, 5.41) is 4.25. The van der Waals surface area contributed by atoms with Crippen molar-refractivity contribution < 1.29 is 0 Å². The van der Waals surface area contributed by atoms with E-state index in [-0.39, 0.29) is 12.1 Å². The van der Waals surface area contributed by atoms with Crippen molar-refractivity contribution in [3.05, 3.63) is 83.9 Å². The first-order valence-electron chi connectivity index (χ1n) is 9.30. The molecule has 0 amide bonds. The van der Waals surface area contributed by atoms with Crippen LogP contribution in [0, 0.1) is 6.92 Å². The zero-order chi connectivity index (χ0) is 19.0. The summed E-state index contributed by atoms with van der Waals surface area (Å²) in [6.45, 7) is 6.51. The second-order valence-corrected chi connectivity index (χ2v) is 7.65. The van der Waals surface area contributed by atoms with Crippen LogP contribution in [0.25, 0.3) is 0 Å². The zero-order valence-corrected chi connectivity index (χ0v) is 16.6. The van der Waals surface area contributed by atoms with E-state index in [1.54, 1.807) is 0 Å². The molecule has 0 saturated carbocycles. The molecule has 1 aliphatic rings. The molecule has 2 aromatic heterocycles. The monoisotopic (exact) mass is 376 g/mol. The maximum Gasteiger partial charge on any atom is 0.174 e. The molecular weight excluding hydrogens is 352 g/mol. The lowest BCUT2D eigenvalue weighted by Crippen LogP contribution is -2.30. The molecule has 0 radical (unpaired) electrons. The Morgan fingerprint density at radius 1 is 1.04 bits per heavy atom. The molecule has 1 fully saturated rings. The van der Waals surface area contributed by atoms with Crippen molar-refractivity contribution in [2.24, 2.45) is 0 Å². The highest BCUT2D eigenvalue weighted by molar-refractivity contribution is 7.80. The number of hydrogen-bond donors (Lipinski definition) is 1. The van der Waals surface area contributed by atoms with Crippen LogP contribution in [-0.2, 0) is 0 Å². The van der Waals surface area contributed by atoms with Gasteiger partial charge in [0.2, 0.25) is 0 Å². The lowest BCUT2D eigenvalue weighted by atomic mass is 10.0. The largest absolute Gasteiger partial charge is 0.351 e. The van der Waals surface area contributed by atoms with Crippen LogP contribution >= 0.6 is 12.2 Å². The molecular formula is C22H24N4S. The van der Waals surface area contributed by atoms with Crippen LogP contribution in [0.2, 0.25) is 0 Å². The van der Waals surface area contributed by atoms with Crippen molar-refractivity contribution in [2.45, 2.75) is 38.9 Å². The minimum Gasteiger partial charge on any atom is -0.351 e. The smallest absolute Gasteiger partial charge is 0.174 e. The van der Waals surface area contributed by atoms with E-state index < -0.39 is 0 Å². The second-order valence-electron chi connectivity index (χ2n) is 7.27. The third-order valence-corrected chi connectivity index (χ3v) is 5.40. The van der Waals surface area contributed by atoms with Gasteiger partial charge in [0.15, 0.2) is 5.11 Å². The number of rotatable bonds is 4. The molecule has 1 aliphatic heterocycles. The van der Waals surface area contributed by atoms with Crippen molar-refractivity contribution in [1.82, 2.24) is 14.9 Å². The molecule has 1 aromatic carbocycles. The molecule has 138 valence electrons. The molecule has 2 unspecified atom stereocenters. The first-order chi connectivity index (χ1) is 13.1. The average molecular weight is 377 g/mol. The third kappa shape index (κ3) is 3.23. The number of benzene rings is 1. The normalized spacial score (nSPS) is 19.6. The number of hydrogen-bond acceptors (Lipinski definition) is 2. The van der Waals surface area contributed by atoms with Gasteiger partial charge >= 0.3 is 0 Å². The van der Waals surface area contributed by atoms with Crippen molar-refractivity contribution in [1.29, 1.82) is 0 Å². The summed E-state index contributed by atoms with van der Waals surface area (Å²) in [4.78, 5) is 6.84. The number of nitrogens with one attached hydrogen (secondary N) is 1. The van der Waals surface area contributed by atoms with Gasteiger partial charge in [-0.1, -0.05) is 23.8 Å². The Hall–Kier alpha value is -2.66. The van der Waals surface area contributed by atoms with Crippen LogP contribution < -0.4 is 10.2 Å². The average Bonchev–Trinajstić information content (AvgIpc) is 3.27. The first kappa shape index (κ1) is 17.7. The fraction of sp³-hybridized carbons (Fsp3) is 0.273. The Labute approximate surface area is 165 Å². The standard InChI is InChI=1S/C22H24N4S/c1-15(2)25-14-6-8-19(25)21-20(18-7-4-5-13-23-18)24-22(27)26(21)17-11-9-16(3)10-12-17/h4-15,20-21H,1-3H3,(H,24,27). The van der Waals surface area contributed by atoms with Crippen LogP contribution in [0.4, 0.5) is 5.69 Å². The van der Waals surface area contributed by atoms with Crippen LogP contribution in [0.3, 0.4) is 0 Å². The Morgan fingerprint density at radius 3 is 2.48 bits per heavy atom. The summed E-state index contributed by atoms with van der Waals surface area (Å²) in [5.74, 6) is 0. The fourth-order valence-electron chi connectivity index (χ4n) is 3.77. The quantitative estimate of drug-likeness (QED) is 0.653. The summed E-state index contributed by atoms with van der Waals surface area (Å²) in [6, 6.07) is 19.3. The highest BCUT2D eigenvalue weighted by Gasteiger charge is 2.42. The first-order valence-corrected chi connectivity index (χ1v) is 9.71. The van der Waals surface area contributed by atoms with Gasteiger partial charge in [0.25, 0.3) is 0 Å². The molecule has 0 spiro atoms. The van der Waals surface area contributed by atoms with Gasteiger partial charge < -0.3 is 14.8 Å². The van der Waals surface area contributed by atoms with E-state index in [9.17, 15) is 0 Å². The van der Waals surface area contributed by atoms with Gasteiger partial charge in [-0.25, -0.2) is 0 Å². The molecule has 27 heavy (non-hydrogen) atoms. The van der Waals surface area contributed by atoms with Crippen molar-refractivity contribution in [2.75, 3.05) is 4.90 Å². The third-order valence-electron chi connectivity index (χ3n) is 5.08. The van der Waals surface area contributed by atoms with E-state index in [2.05, 4.69) is 89.2 Å². The number of pyridine rings is 1. The highest BCUT2D eigenvalue weighted by atomic mass is 32.1. The second kappa shape index (κ2) is 7.16. The molecule has 1 saturated heterocycles. The molecule has 2 atom stereocenters. The van der Waals surface area contributed by atoms with Gasteiger partial charge in [-0.2, -0.15) is 0 Å². The maximum atomic E-state index is 5.77. The van der Waals surface area contributed by atoms with Crippen molar-refractivity contribution in [3.8, 4) is 0 Å². The van der Waals surface area contributed by atoms with Crippen LogP contribution in [-0.4, -0.2) is 14.7 Å². The Morgan fingerprint density at radius 2 is 1.81 bits per heavy atom. The van der Waals surface area contributed by atoms with Gasteiger partial charge in [-0.15, -0.1) is 0 Å². The Balaban J connectivity index is 1.85. The van der Waals surface area contributed by atoms with Gasteiger partial charge in [0.1, 0.15) is 6.04 Å². The van der Waals surface area contributed by atoms with E-state index in [1.165, 1.54) is 11.3 Å². The summed E-state index contributed by atoms with van der Waals surface area (Å²) in [6.07, 6.45) is 3.98. The summed E-state index contributed by atoms with van der Waals surface area (Å²) < 4.78 is 2.32. The predicted molar refractivity (Wildman–Crippen MR) is 114 cm³/mol. The molecule has 1 N–H and O–H groups in total. The van der Waals surface area contributed by atoms with Gasteiger partial charge in [-0.3, -0.25) is 4.98 Å². The molecule has 0 bridgehead atoms. The minimum absolute atomic E-state index is 0.00703. The van der Waals surface area contributed by atoms with E-state index >= 15 is 0 Å². The van der Waals surface area contributed by atoms with E-state index in [4.69, 9.17) is 12.2 Å². The Bertz CT molecular complexity index is 930. The summed E-state index contributed by atoms with van der Waals surface area (Å²) in [5.41, 5.74) is 4.56.